The van der Waals surface area contributed by atoms with E-state index >= 15 is 0 Å². The Kier molecular flexibility index (Phi) is 6.31. The number of likely N-dealkylation sites (N-methyl/N-ethyl adjacent to an activating group) is 1. The molecule has 1 N–H and O–H groups in total. The maximum atomic E-state index is 12.0. The van der Waals surface area contributed by atoms with E-state index in [-0.39, 0.29) is 28.7 Å². The second-order valence-electron chi connectivity index (χ2n) is 5.68. The summed E-state index contributed by atoms with van der Waals surface area (Å²) in [5.41, 5.74) is 1.20. The van der Waals surface area contributed by atoms with Gasteiger partial charge in [0.05, 0.1) is 23.3 Å². The fourth-order valence-electron chi connectivity index (χ4n) is 2.41. The predicted molar refractivity (Wildman–Crippen MR) is 93.3 cm³/mol. The summed E-state index contributed by atoms with van der Waals surface area (Å²) >= 11 is 3.10. The minimum Gasteiger partial charge on any atom is -0.353 e. The van der Waals surface area contributed by atoms with Gasteiger partial charge < -0.3 is 10.2 Å². The molecule has 2 heterocycles. The molecule has 124 valence electrons. The van der Waals surface area contributed by atoms with Gasteiger partial charge >= 0.3 is 0 Å². The lowest BCUT2D eigenvalue weighted by molar-refractivity contribution is -0.118. The number of hydrogen-bond donors (Lipinski definition) is 1. The van der Waals surface area contributed by atoms with Gasteiger partial charge in [0.25, 0.3) is 0 Å². The average Bonchev–Trinajstić information content (AvgIpc) is 3.06. The highest BCUT2D eigenvalue weighted by molar-refractivity contribution is 8.02. The van der Waals surface area contributed by atoms with Crippen molar-refractivity contribution in [1.29, 1.82) is 0 Å². The molecular formula is C14H22N2O3S3. The van der Waals surface area contributed by atoms with Gasteiger partial charge in [-0.1, -0.05) is 0 Å². The van der Waals surface area contributed by atoms with Crippen LogP contribution in [0.15, 0.2) is 16.8 Å². The largest absolute Gasteiger partial charge is 0.353 e. The highest BCUT2D eigenvalue weighted by Crippen LogP contribution is 2.24. The summed E-state index contributed by atoms with van der Waals surface area (Å²) in [6, 6.07) is 2.23. The Balaban J connectivity index is 1.75. The lowest BCUT2D eigenvalue weighted by atomic mass is 10.1. The molecule has 1 fully saturated rings. The zero-order valence-corrected chi connectivity index (χ0v) is 15.3. The van der Waals surface area contributed by atoms with E-state index < -0.39 is 9.84 Å². The molecule has 1 aliphatic heterocycles. The highest BCUT2D eigenvalue weighted by Gasteiger charge is 2.28. The van der Waals surface area contributed by atoms with E-state index in [1.807, 2.05) is 19.5 Å². The molecule has 2 unspecified atom stereocenters. The van der Waals surface area contributed by atoms with Crippen molar-refractivity contribution in [3.05, 3.63) is 22.4 Å². The summed E-state index contributed by atoms with van der Waals surface area (Å²) in [6.45, 7) is 0.562. The van der Waals surface area contributed by atoms with Gasteiger partial charge in [0.2, 0.25) is 5.91 Å². The fraction of sp³-hybridized carbons (Fsp3) is 0.643. The molecule has 0 aliphatic carbocycles. The number of sulfone groups is 1. The van der Waals surface area contributed by atoms with Crippen LogP contribution in [0.5, 0.6) is 0 Å². The molecule has 1 amide bonds. The Morgan fingerprint density at radius 3 is 2.86 bits per heavy atom. The third kappa shape index (κ3) is 5.26. The second kappa shape index (κ2) is 7.81. The number of amides is 1. The molecule has 1 aromatic rings. The maximum Gasteiger partial charge on any atom is 0.230 e. The molecule has 0 aromatic carbocycles. The Morgan fingerprint density at radius 1 is 1.55 bits per heavy atom. The van der Waals surface area contributed by atoms with E-state index in [4.69, 9.17) is 0 Å². The number of rotatable bonds is 7. The third-order valence-electron chi connectivity index (χ3n) is 3.68. The van der Waals surface area contributed by atoms with Gasteiger partial charge in [-0.15, -0.1) is 11.8 Å². The van der Waals surface area contributed by atoms with Crippen molar-refractivity contribution in [3.8, 4) is 0 Å². The number of thioether (sulfide) groups is 1. The van der Waals surface area contributed by atoms with Crippen LogP contribution in [0.25, 0.3) is 0 Å². The van der Waals surface area contributed by atoms with E-state index in [9.17, 15) is 13.2 Å². The van der Waals surface area contributed by atoms with Crippen LogP contribution in [0.3, 0.4) is 0 Å². The van der Waals surface area contributed by atoms with Gasteiger partial charge in [0.1, 0.15) is 0 Å². The van der Waals surface area contributed by atoms with Gasteiger partial charge in [-0.25, -0.2) is 8.42 Å². The molecule has 1 saturated heterocycles. The van der Waals surface area contributed by atoms with Crippen LogP contribution in [0.1, 0.15) is 18.0 Å². The summed E-state index contributed by atoms with van der Waals surface area (Å²) < 4.78 is 22.8. The van der Waals surface area contributed by atoms with Crippen molar-refractivity contribution < 1.29 is 13.2 Å². The molecule has 0 radical (unpaired) electrons. The lowest BCUT2D eigenvalue weighted by Crippen LogP contribution is -2.35. The molecule has 0 saturated carbocycles. The normalized spacial score (nSPS) is 21.9. The first kappa shape index (κ1) is 17.8. The van der Waals surface area contributed by atoms with Crippen molar-refractivity contribution in [2.45, 2.75) is 17.7 Å². The zero-order chi connectivity index (χ0) is 16.2. The SMILES string of the molecule is CN(C)C(CNC(=O)CSC1CCS(=O)(=O)C1)c1ccsc1. The van der Waals surface area contributed by atoms with Gasteiger partial charge in [-0.05, 0) is 42.9 Å². The fourth-order valence-corrected chi connectivity index (χ4v) is 6.59. The molecule has 8 heteroatoms. The van der Waals surface area contributed by atoms with Gasteiger partial charge in [0.15, 0.2) is 9.84 Å². The van der Waals surface area contributed by atoms with Crippen LogP contribution in [0.4, 0.5) is 0 Å². The van der Waals surface area contributed by atoms with E-state index in [1.165, 1.54) is 17.3 Å². The molecule has 2 atom stereocenters. The second-order valence-corrected chi connectivity index (χ2v) is 9.97. The van der Waals surface area contributed by atoms with Crippen molar-refractivity contribution >= 4 is 38.8 Å². The van der Waals surface area contributed by atoms with Crippen LogP contribution in [-0.2, 0) is 14.6 Å². The number of nitrogens with zero attached hydrogens (tertiary/aromatic N) is 1. The first-order valence-electron chi connectivity index (χ1n) is 7.14. The predicted octanol–water partition coefficient (Wildman–Crippen LogP) is 1.39. The first-order chi connectivity index (χ1) is 10.4. The van der Waals surface area contributed by atoms with Crippen molar-refractivity contribution in [1.82, 2.24) is 10.2 Å². The van der Waals surface area contributed by atoms with Crippen molar-refractivity contribution in [2.24, 2.45) is 0 Å². The zero-order valence-electron chi connectivity index (χ0n) is 12.8. The molecule has 1 aromatic heterocycles. The molecule has 2 rings (SSSR count). The lowest BCUT2D eigenvalue weighted by Gasteiger charge is -2.24. The topological polar surface area (TPSA) is 66.5 Å². The Morgan fingerprint density at radius 2 is 2.32 bits per heavy atom. The number of nitrogens with one attached hydrogen (secondary N) is 1. The summed E-state index contributed by atoms with van der Waals surface area (Å²) in [7, 11) is 1.12. The molecule has 0 bridgehead atoms. The average molecular weight is 363 g/mol. The van der Waals surface area contributed by atoms with Gasteiger partial charge in [0, 0.05) is 11.8 Å². The smallest absolute Gasteiger partial charge is 0.230 e. The van der Waals surface area contributed by atoms with E-state index in [0.717, 1.165) is 0 Å². The number of carbonyl (C=O) groups excluding carboxylic acids is 1. The minimum absolute atomic E-state index is 0.0311. The molecular weight excluding hydrogens is 340 g/mol. The van der Waals surface area contributed by atoms with Crippen LogP contribution in [0.2, 0.25) is 0 Å². The third-order valence-corrected chi connectivity index (χ3v) is 7.67. The first-order valence-corrected chi connectivity index (χ1v) is 11.0. The summed E-state index contributed by atoms with van der Waals surface area (Å²) in [4.78, 5) is 14.0. The monoisotopic (exact) mass is 362 g/mol. The summed E-state index contributed by atoms with van der Waals surface area (Å²) in [5, 5.41) is 7.14. The van der Waals surface area contributed by atoms with Crippen LogP contribution in [0, 0.1) is 0 Å². The number of hydrogen-bond acceptors (Lipinski definition) is 6. The number of thiophene rings is 1. The standard InChI is InChI=1S/C14H22N2O3S3/c1-16(2)13(11-3-5-20-8-11)7-15-14(17)9-21-12-4-6-22(18,19)10-12/h3,5,8,12-13H,4,6-7,9-10H2,1-2H3,(H,15,17). The highest BCUT2D eigenvalue weighted by atomic mass is 32.2. The van der Waals surface area contributed by atoms with Crippen LogP contribution in [-0.4, -0.2) is 62.4 Å². The maximum absolute atomic E-state index is 12.0. The molecule has 22 heavy (non-hydrogen) atoms. The van der Waals surface area contributed by atoms with Gasteiger partial charge in [-0.2, -0.15) is 11.3 Å². The quantitative estimate of drug-likeness (QED) is 0.794. The minimum atomic E-state index is -2.87. The van der Waals surface area contributed by atoms with Crippen LogP contribution >= 0.6 is 23.1 Å². The Bertz CT molecular complexity index is 584. The van der Waals surface area contributed by atoms with Gasteiger partial charge in [-0.3, -0.25) is 4.79 Å². The van der Waals surface area contributed by atoms with Crippen LogP contribution < -0.4 is 5.32 Å². The summed E-state index contributed by atoms with van der Waals surface area (Å²) in [5.74, 6) is 0.758. The van der Waals surface area contributed by atoms with E-state index in [1.54, 1.807) is 11.3 Å². The Labute approximate surface area is 140 Å². The van der Waals surface area contributed by atoms with E-state index in [0.29, 0.717) is 18.7 Å². The molecule has 0 spiro atoms. The molecule has 5 nitrogen and oxygen atoms in total. The van der Waals surface area contributed by atoms with Crippen molar-refractivity contribution in [3.63, 3.8) is 0 Å². The number of carbonyl (C=O) groups is 1. The molecule has 1 aliphatic rings. The van der Waals surface area contributed by atoms with E-state index in [2.05, 4.69) is 21.7 Å². The Hall–Kier alpha value is -0.570. The van der Waals surface area contributed by atoms with Crippen molar-refractivity contribution in [2.75, 3.05) is 37.9 Å². The summed E-state index contributed by atoms with van der Waals surface area (Å²) in [6.07, 6.45) is 0.662.